The molecule has 1 N–H and O–H groups in total. The molecule has 0 fully saturated rings. The van der Waals surface area contributed by atoms with E-state index in [-0.39, 0.29) is 5.91 Å². The summed E-state index contributed by atoms with van der Waals surface area (Å²) in [5.74, 6) is 0.305. The van der Waals surface area contributed by atoms with Crippen LogP contribution in [-0.4, -0.2) is 23.7 Å². The van der Waals surface area contributed by atoms with Crippen molar-refractivity contribution >= 4 is 29.3 Å². The second-order valence-electron chi connectivity index (χ2n) is 2.25. The molecular formula is C8H9ClN2OS. The predicted octanol–water partition coefficient (Wildman–Crippen LogP) is 1.57. The van der Waals surface area contributed by atoms with Gasteiger partial charge in [-0.2, -0.15) is 0 Å². The van der Waals surface area contributed by atoms with Crippen LogP contribution in [0.2, 0.25) is 5.02 Å². The van der Waals surface area contributed by atoms with Gasteiger partial charge in [-0.15, -0.1) is 0 Å². The zero-order valence-corrected chi connectivity index (χ0v) is 8.65. The summed E-state index contributed by atoms with van der Waals surface area (Å²) in [5.41, 5.74) is 0. The van der Waals surface area contributed by atoms with Gasteiger partial charge < -0.3 is 5.32 Å². The SMILES string of the molecule is CNC(=O)CSc1ncccc1Cl. The molecule has 13 heavy (non-hydrogen) atoms. The van der Waals surface area contributed by atoms with Crippen molar-refractivity contribution in [3.8, 4) is 0 Å². The van der Waals surface area contributed by atoms with Gasteiger partial charge in [0.15, 0.2) is 0 Å². The fourth-order valence-corrected chi connectivity index (χ4v) is 1.72. The lowest BCUT2D eigenvalue weighted by molar-refractivity contribution is -0.118. The van der Waals surface area contributed by atoms with Crippen LogP contribution in [0.1, 0.15) is 0 Å². The van der Waals surface area contributed by atoms with Gasteiger partial charge >= 0.3 is 0 Å². The fourth-order valence-electron chi connectivity index (χ4n) is 0.683. The zero-order chi connectivity index (χ0) is 9.68. The summed E-state index contributed by atoms with van der Waals surface area (Å²) < 4.78 is 0. The smallest absolute Gasteiger partial charge is 0.230 e. The van der Waals surface area contributed by atoms with Crippen molar-refractivity contribution in [1.82, 2.24) is 10.3 Å². The van der Waals surface area contributed by atoms with Gasteiger partial charge in [-0.1, -0.05) is 23.4 Å². The average Bonchev–Trinajstić information content (AvgIpc) is 2.16. The summed E-state index contributed by atoms with van der Waals surface area (Å²) in [6.07, 6.45) is 1.65. The number of hydrogen-bond donors (Lipinski definition) is 1. The van der Waals surface area contributed by atoms with Crippen LogP contribution >= 0.6 is 23.4 Å². The number of rotatable bonds is 3. The Balaban J connectivity index is 2.54. The Labute approximate surface area is 85.9 Å². The zero-order valence-electron chi connectivity index (χ0n) is 7.08. The van der Waals surface area contributed by atoms with E-state index in [9.17, 15) is 4.79 Å². The lowest BCUT2D eigenvalue weighted by Gasteiger charge is -2.00. The van der Waals surface area contributed by atoms with Crippen LogP contribution < -0.4 is 5.32 Å². The van der Waals surface area contributed by atoms with Crippen LogP contribution in [-0.2, 0) is 4.79 Å². The van der Waals surface area contributed by atoms with Crippen molar-refractivity contribution in [3.63, 3.8) is 0 Å². The third kappa shape index (κ3) is 3.24. The van der Waals surface area contributed by atoms with E-state index < -0.39 is 0 Å². The lowest BCUT2D eigenvalue weighted by Crippen LogP contribution is -2.19. The molecule has 0 aliphatic rings. The van der Waals surface area contributed by atoms with Crippen molar-refractivity contribution in [1.29, 1.82) is 0 Å². The minimum atomic E-state index is -0.0354. The summed E-state index contributed by atoms with van der Waals surface area (Å²) >= 11 is 7.16. The molecule has 1 heterocycles. The topological polar surface area (TPSA) is 42.0 Å². The minimum absolute atomic E-state index is 0.0354. The number of amides is 1. The van der Waals surface area contributed by atoms with Crippen LogP contribution in [0.25, 0.3) is 0 Å². The van der Waals surface area contributed by atoms with Crippen molar-refractivity contribution < 1.29 is 4.79 Å². The van der Waals surface area contributed by atoms with E-state index in [1.54, 1.807) is 25.4 Å². The van der Waals surface area contributed by atoms with E-state index in [0.29, 0.717) is 15.8 Å². The van der Waals surface area contributed by atoms with Crippen LogP contribution in [0.4, 0.5) is 0 Å². The van der Waals surface area contributed by atoms with Crippen LogP contribution in [0.5, 0.6) is 0 Å². The van der Waals surface area contributed by atoms with Gasteiger partial charge in [-0.05, 0) is 12.1 Å². The first kappa shape index (κ1) is 10.3. The van der Waals surface area contributed by atoms with Crippen LogP contribution in [0.3, 0.4) is 0 Å². The number of nitrogens with zero attached hydrogens (tertiary/aromatic N) is 1. The van der Waals surface area contributed by atoms with E-state index in [0.717, 1.165) is 0 Å². The van der Waals surface area contributed by atoms with E-state index in [1.165, 1.54) is 11.8 Å². The standard InChI is InChI=1S/C8H9ClN2OS/c1-10-7(12)5-13-8-6(9)3-2-4-11-8/h2-4H,5H2,1H3,(H,10,12). The van der Waals surface area contributed by atoms with Gasteiger partial charge in [-0.3, -0.25) is 4.79 Å². The van der Waals surface area contributed by atoms with Crippen molar-refractivity contribution in [2.75, 3.05) is 12.8 Å². The van der Waals surface area contributed by atoms with Gasteiger partial charge in [0.25, 0.3) is 0 Å². The van der Waals surface area contributed by atoms with Crippen molar-refractivity contribution in [2.24, 2.45) is 0 Å². The van der Waals surface area contributed by atoms with Gasteiger partial charge in [0, 0.05) is 13.2 Å². The maximum Gasteiger partial charge on any atom is 0.230 e. The quantitative estimate of drug-likeness (QED) is 0.780. The number of nitrogens with one attached hydrogen (secondary N) is 1. The lowest BCUT2D eigenvalue weighted by atomic mass is 10.5. The molecular weight excluding hydrogens is 208 g/mol. The van der Waals surface area contributed by atoms with Gasteiger partial charge in [0.05, 0.1) is 10.8 Å². The number of hydrogen-bond acceptors (Lipinski definition) is 3. The molecule has 70 valence electrons. The third-order valence-electron chi connectivity index (χ3n) is 1.34. The molecule has 0 saturated heterocycles. The van der Waals surface area contributed by atoms with Gasteiger partial charge in [0.2, 0.25) is 5.91 Å². The second kappa shape index (κ2) is 5.09. The highest BCUT2D eigenvalue weighted by Crippen LogP contribution is 2.23. The summed E-state index contributed by atoms with van der Waals surface area (Å²) in [7, 11) is 1.60. The molecule has 0 bridgehead atoms. The Morgan fingerprint density at radius 1 is 1.77 bits per heavy atom. The van der Waals surface area contributed by atoms with Gasteiger partial charge in [-0.25, -0.2) is 4.98 Å². The number of pyridine rings is 1. The third-order valence-corrected chi connectivity index (χ3v) is 2.77. The molecule has 0 unspecified atom stereocenters. The van der Waals surface area contributed by atoms with Crippen LogP contribution in [0, 0.1) is 0 Å². The average molecular weight is 217 g/mol. The summed E-state index contributed by atoms with van der Waals surface area (Å²) in [5, 5.41) is 3.79. The Morgan fingerprint density at radius 2 is 2.54 bits per heavy atom. The number of halogens is 1. The highest BCUT2D eigenvalue weighted by Gasteiger charge is 2.04. The summed E-state index contributed by atoms with van der Waals surface area (Å²) in [6.45, 7) is 0. The molecule has 0 radical (unpaired) electrons. The molecule has 0 spiro atoms. The minimum Gasteiger partial charge on any atom is -0.358 e. The van der Waals surface area contributed by atoms with E-state index >= 15 is 0 Å². The molecule has 0 saturated carbocycles. The van der Waals surface area contributed by atoms with Crippen molar-refractivity contribution in [3.05, 3.63) is 23.4 Å². The predicted molar refractivity (Wildman–Crippen MR) is 54.0 cm³/mol. The van der Waals surface area contributed by atoms with E-state index in [4.69, 9.17) is 11.6 Å². The molecule has 1 rings (SSSR count). The maximum absolute atomic E-state index is 10.9. The van der Waals surface area contributed by atoms with E-state index in [2.05, 4.69) is 10.3 Å². The van der Waals surface area contributed by atoms with Crippen LogP contribution in [0.15, 0.2) is 23.4 Å². The highest BCUT2D eigenvalue weighted by molar-refractivity contribution is 8.00. The summed E-state index contributed by atoms with van der Waals surface area (Å²) in [6, 6.07) is 3.51. The molecule has 5 heteroatoms. The number of carbonyl (C=O) groups is 1. The maximum atomic E-state index is 10.9. The Morgan fingerprint density at radius 3 is 3.15 bits per heavy atom. The van der Waals surface area contributed by atoms with Crippen molar-refractivity contribution in [2.45, 2.75) is 5.03 Å². The Hall–Kier alpha value is -0.740. The number of thioether (sulfide) groups is 1. The number of carbonyl (C=O) groups excluding carboxylic acids is 1. The molecule has 1 aromatic heterocycles. The molecule has 0 aromatic carbocycles. The first-order valence-corrected chi connectivity index (χ1v) is 5.04. The molecule has 1 aromatic rings. The fraction of sp³-hybridized carbons (Fsp3) is 0.250. The molecule has 0 atom stereocenters. The first-order valence-electron chi connectivity index (χ1n) is 3.68. The first-order chi connectivity index (χ1) is 6.24. The normalized spacial score (nSPS) is 9.69. The van der Waals surface area contributed by atoms with E-state index in [1.807, 2.05) is 0 Å². The molecule has 0 aliphatic carbocycles. The second-order valence-corrected chi connectivity index (χ2v) is 3.62. The Kier molecular flexibility index (Phi) is 4.05. The van der Waals surface area contributed by atoms with Gasteiger partial charge in [0.1, 0.15) is 5.03 Å². The number of aromatic nitrogens is 1. The monoisotopic (exact) mass is 216 g/mol. The summed E-state index contributed by atoms with van der Waals surface area (Å²) in [4.78, 5) is 14.9. The molecule has 1 amide bonds. The Bertz CT molecular complexity index is 306. The highest BCUT2D eigenvalue weighted by atomic mass is 35.5. The molecule has 3 nitrogen and oxygen atoms in total. The molecule has 0 aliphatic heterocycles. The largest absolute Gasteiger partial charge is 0.358 e.